The minimum absolute atomic E-state index is 0.189. The van der Waals surface area contributed by atoms with Crippen LogP contribution in [0.25, 0.3) is 10.8 Å². The molecule has 4 aromatic rings. The molecule has 0 saturated heterocycles. The second kappa shape index (κ2) is 8.06. The van der Waals surface area contributed by atoms with Gasteiger partial charge < -0.3 is 5.32 Å². The largest absolute Gasteiger partial charge is 0.355 e. The summed E-state index contributed by atoms with van der Waals surface area (Å²) in [5.74, 6) is 0. The zero-order valence-corrected chi connectivity index (χ0v) is 17.0. The molecule has 0 unspecified atom stereocenters. The third kappa shape index (κ3) is 4.22. The molecule has 0 spiro atoms. The molecule has 0 heterocycles. The molecule has 0 fully saturated rings. The van der Waals surface area contributed by atoms with E-state index in [0.29, 0.717) is 27.8 Å². The maximum atomic E-state index is 12.0. The predicted octanol–water partition coefficient (Wildman–Crippen LogP) is 6.55. The zero-order chi connectivity index (χ0) is 21.1. The summed E-state index contributed by atoms with van der Waals surface area (Å²) in [6, 6.07) is 25.2. The lowest BCUT2D eigenvalue weighted by Gasteiger charge is -2.13. The fourth-order valence-electron chi connectivity index (χ4n) is 3.16. The standard InChI is InChI=1S/C23H19N3O3S/c1-16-10-12-18(13-11-16)25-26-20-14-15-21(24-17-6-3-2-4-7-17)23-19(20)8-5-9-22(23)30(27,28)29/h2-15,24H,1H3,(H,27,28,29). The van der Waals surface area contributed by atoms with Crippen molar-refractivity contribution in [2.24, 2.45) is 10.2 Å². The van der Waals surface area contributed by atoms with Crippen LogP contribution in [0.4, 0.5) is 22.7 Å². The molecule has 0 atom stereocenters. The Morgan fingerprint density at radius 3 is 2.23 bits per heavy atom. The van der Waals surface area contributed by atoms with E-state index in [4.69, 9.17) is 0 Å². The second-order valence-corrected chi connectivity index (χ2v) is 8.20. The van der Waals surface area contributed by atoms with Crippen LogP contribution in [0.1, 0.15) is 5.56 Å². The Labute approximate surface area is 174 Å². The predicted molar refractivity (Wildman–Crippen MR) is 119 cm³/mol. The lowest BCUT2D eigenvalue weighted by molar-refractivity contribution is 0.484. The van der Waals surface area contributed by atoms with Crippen molar-refractivity contribution < 1.29 is 13.0 Å². The summed E-state index contributed by atoms with van der Waals surface area (Å²) >= 11 is 0. The van der Waals surface area contributed by atoms with Gasteiger partial charge in [-0.15, -0.1) is 5.11 Å². The van der Waals surface area contributed by atoms with Gasteiger partial charge in [0.05, 0.1) is 11.4 Å². The maximum absolute atomic E-state index is 12.0. The molecule has 0 aliphatic carbocycles. The second-order valence-electron chi connectivity index (χ2n) is 6.81. The smallest absolute Gasteiger partial charge is 0.295 e. The van der Waals surface area contributed by atoms with Crippen molar-refractivity contribution in [1.82, 2.24) is 0 Å². The zero-order valence-electron chi connectivity index (χ0n) is 16.1. The summed E-state index contributed by atoms with van der Waals surface area (Å²) in [5, 5.41) is 12.7. The number of nitrogens with zero attached hydrogens (tertiary/aromatic N) is 2. The first kappa shape index (κ1) is 19.8. The van der Waals surface area contributed by atoms with Crippen LogP contribution in [0.3, 0.4) is 0 Å². The quantitative estimate of drug-likeness (QED) is 0.284. The third-order valence-electron chi connectivity index (χ3n) is 4.62. The van der Waals surface area contributed by atoms with Gasteiger partial charge in [-0.1, -0.05) is 48.0 Å². The fourth-order valence-corrected chi connectivity index (χ4v) is 3.89. The van der Waals surface area contributed by atoms with Crippen molar-refractivity contribution >= 4 is 43.6 Å². The van der Waals surface area contributed by atoms with Crippen molar-refractivity contribution in [1.29, 1.82) is 0 Å². The monoisotopic (exact) mass is 417 g/mol. The van der Waals surface area contributed by atoms with Gasteiger partial charge in [0, 0.05) is 22.1 Å². The first-order valence-electron chi connectivity index (χ1n) is 9.25. The number of azo groups is 1. The van der Waals surface area contributed by atoms with E-state index >= 15 is 0 Å². The normalized spacial score (nSPS) is 11.8. The van der Waals surface area contributed by atoms with Gasteiger partial charge in [-0.2, -0.15) is 13.5 Å². The van der Waals surface area contributed by atoms with Crippen LogP contribution in [0.2, 0.25) is 0 Å². The fraction of sp³-hybridized carbons (Fsp3) is 0.0435. The van der Waals surface area contributed by atoms with Gasteiger partial charge in [0.1, 0.15) is 4.90 Å². The van der Waals surface area contributed by atoms with Gasteiger partial charge in [-0.25, -0.2) is 0 Å². The van der Waals surface area contributed by atoms with Crippen LogP contribution in [0.5, 0.6) is 0 Å². The molecule has 4 rings (SSSR count). The molecule has 4 aromatic carbocycles. The highest BCUT2D eigenvalue weighted by Crippen LogP contribution is 2.38. The molecule has 0 bridgehead atoms. The number of hydrogen-bond acceptors (Lipinski definition) is 5. The van der Waals surface area contributed by atoms with Crippen LogP contribution in [-0.2, 0) is 10.1 Å². The molecule has 0 aliphatic rings. The number of nitrogens with one attached hydrogen (secondary N) is 1. The molecule has 0 radical (unpaired) electrons. The molecule has 7 heteroatoms. The van der Waals surface area contributed by atoms with Gasteiger partial charge >= 0.3 is 0 Å². The molecular weight excluding hydrogens is 398 g/mol. The van der Waals surface area contributed by atoms with Crippen molar-refractivity contribution in [3.05, 3.63) is 90.5 Å². The van der Waals surface area contributed by atoms with E-state index in [9.17, 15) is 13.0 Å². The highest BCUT2D eigenvalue weighted by molar-refractivity contribution is 7.86. The minimum atomic E-state index is -4.45. The van der Waals surface area contributed by atoms with E-state index in [1.807, 2.05) is 61.5 Å². The number of rotatable bonds is 5. The van der Waals surface area contributed by atoms with Gasteiger partial charge in [-0.3, -0.25) is 4.55 Å². The van der Waals surface area contributed by atoms with Crippen molar-refractivity contribution in [3.8, 4) is 0 Å². The topological polar surface area (TPSA) is 91.1 Å². The van der Waals surface area contributed by atoms with Crippen molar-refractivity contribution in [2.75, 3.05) is 5.32 Å². The van der Waals surface area contributed by atoms with E-state index in [2.05, 4.69) is 15.5 Å². The number of benzene rings is 4. The molecule has 150 valence electrons. The Morgan fingerprint density at radius 1 is 0.800 bits per heavy atom. The molecule has 0 amide bonds. The number of hydrogen-bond donors (Lipinski definition) is 2. The first-order valence-corrected chi connectivity index (χ1v) is 10.7. The third-order valence-corrected chi connectivity index (χ3v) is 5.51. The van der Waals surface area contributed by atoms with Crippen LogP contribution in [-0.4, -0.2) is 13.0 Å². The van der Waals surface area contributed by atoms with Crippen LogP contribution < -0.4 is 5.32 Å². The molecule has 0 saturated carbocycles. The summed E-state index contributed by atoms with van der Waals surface area (Å²) in [4.78, 5) is -0.189. The van der Waals surface area contributed by atoms with Gasteiger partial charge in [0.15, 0.2) is 0 Å². The summed E-state index contributed by atoms with van der Waals surface area (Å²) in [6.45, 7) is 1.99. The van der Waals surface area contributed by atoms with E-state index in [-0.39, 0.29) is 4.90 Å². The lowest BCUT2D eigenvalue weighted by atomic mass is 10.1. The lowest BCUT2D eigenvalue weighted by Crippen LogP contribution is -2.01. The molecular formula is C23H19N3O3S. The summed E-state index contributed by atoms with van der Waals surface area (Å²) in [6.07, 6.45) is 0. The summed E-state index contributed by atoms with van der Waals surface area (Å²) in [5.41, 5.74) is 3.63. The van der Waals surface area contributed by atoms with Gasteiger partial charge in [0.25, 0.3) is 10.1 Å². The highest BCUT2D eigenvalue weighted by Gasteiger charge is 2.18. The Hall–Kier alpha value is -3.55. The number of fused-ring (bicyclic) bond motifs is 1. The van der Waals surface area contributed by atoms with Crippen molar-refractivity contribution in [3.63, 3.8) is 0 Å². The molecule has 0 aliphatic heterocycles. The van der Waals surface area contributed by atoms with E-state index in [0.717, 1.165) is 11.3 Å². The van der Waals surface area contributed by atoms with Crippen molar-refractivity contribution in [2.45, 2.75) is 11.8 Å². The Morgan fingerprint density at radius 2 is 1.53 bits per heavy atom. The highest BCUT2D eigenvalue weighted by atomic mass is 32.2. The number of para-hydroxylation sites is 1. The Bertz CT molecular complexity index is 1330. The van der Waals surface area contributed by atoms with E-state index in [1.165, 1.54) is 6.07 Å². The Kier molecular flexibility index (Phi) is 5.31. The number of aryl methyl sites for hydroxylation is 1. The van der Waals surface area contributed by atoms with Crippen LogP contribution >= 0.6 is 0 Å². The van der Waals surface area contributed by atoms with Crippen LogP contribution in [0.15, 0.2) is 100 Å². The molecule has 2 N–H and O–H groups in total. The van der Waals surface area contributed by atoms with Crippen LogP contribution in [0, 0.1) is 6.92 Å². The average Bonchev–Trinajstić information content (AvgIpc) is 2.74. The van der Waals surface area contributed by atoms with Gasteiger partial charge in [0.2, 0.25) is 0 Å². The van der Waals surface area contributed by atoms with E-state index in [1.54, 1.807) is 24.3 Å². The SMILES string of the molecule is Cc1ccc(N=Nc2ccc(Nc3ccccc3)c3c(S(=O)(=O)O)cccc23)cc1. The first-order chi connectivity index (χ1) is 14.4. The van der Waals surface area contributed by atoms with Gasteiger partial charge in [-0.05, 0) is 49.4 Å². The van der Waals surface area contributed by atoms with E-state index < -0.39 is 10.1 Å². The average molecular weight is 417 g/mol. The number of anilines is 2. The Balaban J connectivity index is 1.87. The minimum Gasteiger partial charge on any atom is -0.355 e. The maximum Gasteiger partial charge on any atom is 0.295 e. The molecule has 30 heavy (non-hydrogen) atoms. The summed E-state index contributed by atoms with van der Waals surface area (Å²) in [7, 11) is -4.45. The molecule has 6 nitrogen and oxygen atoms in total. The summed E-state index contributed by atoms with van der Waals surface area (Å²) < 4.78 is 33.9. The molecule has 0 aromatic heterocycles.